The number of carbonyl (C=O) groups excluding carboxylic acids is 1. The van der Waals surface area contributed by atoms with Gasteiger partial charge in [0.05, 0.1) is 12.9 Å². The summed E-state index contributed by atoms with van der Waals surface area (Å²) in [6.45, 7) is 1.82. The third-order valence-electron chi connectivity index (χ3n) is 7.45. The second-order valence-electron chi connectivity index (χ2n) is 10.8. The van der Waals surface area contributed by atoms with Crippen molar-refractivity contribution in [3.05, 3.63) is 124 Å². The van der Waals surface area contributed by atoms with E-state index >= 15 is 0 Å². The minimum atomic E-state index is -1.02. The fourth-order valence-corrected chi connectivity index (χ4v) is 5.12. The molecule has 1 aliphatic rings. The highest BCUT2D eigenvalue weighted by atomic mass is 19.2. The normalized spacial score (nSPS) is 13.6. The Bertz CT molecular complexity index is 1940. The third kappa shape index (κ3) is 7.41. The van der Waals surface area contributed by atoms with Crippen molar-refractivity contribution in [2.75, 3.05) is 25.0 Å². The Hall–Kier alpha value is -5.49. The van der Waals surface area contributed by atoms with E-state index < -0.39 is 23.1 Å². The first-order valence-electron chi connectivity index (χ1n) is 14.9. The maximum atomic E-state index is 13.6. The molecule has 1 aliphatic heterocycles. The maximum Gasteiger partial charge on any atom is 0.266 e. The molecule has 1 saturated heterocycles. The first-order valence-corrected chi connectivity index (χ1v) is 14.9. The standard InChI is InChI=1S/C34H31F2N7O3/c35-28-9-8-23(16-29(28)36)20-43-21-38-19-27(33(43)45)32(44)39-12-4-5-22-15-24-18-40-34(41-25-6-2-1-3-7-25)42-31(24)30(17-22)46-26-10-13-37-14-11-26/h1-9,15-19,21,26,37H,10-14,20H2,(H,39,44)(H,40,41,42). The molecular weight excluding hydrogens is 592 g/mol. The molecule has 0 saturated carbocycles. The molecule has 234 valence electrons. The van der Waals surface area contributed by atoms with Crippen molar-refractivity contribution in [3.63, 3.8) is 0 Å². The molecule has 0 atom stereocenters. The number of nitrogens with zero attached hydrogens (tertiary/aromatic N) is 4. The lowest BCUT2D eigenvalue weighted by Crippen LogP contribution is -2.34. The number of fused-ring (bicyclic) bond motifs is 1. The Morgan fingerprint density at radius 2 is 1.87 bits per heavy atom. The van der Waals surface area contributed by atoms with Crippen molar-refractivity contribution in [1.29, 1.82) is 0 Å². The molecule has 1 amide bonds. The molecule has 10 nitrogen and oxygen atoms in total. The molecule has 0 unspecified atom stereocenters. The second-order valence-corrected chi connectivity index (χ2v) is 10.8. The minimum absolute atomic E-state index is 0.0501. The SMILES string of the molecule is O=C(NCC=Cc1cc(OC2CCNCC2)c2nc(Nc3ccccc3)ncc2c1)c1cncn(Cc2ccc(F)c(F)c2)c1=O. The number of rotatable bonds is 10. The fraction of sp³-hybridized carbons (Fsp3) is 0.206. The van der Waals surface area contributed by atoms with Crippen LogP contribution < -0.4 is 26.2 Å². The van der Waals surface area contributed by atoms with Crippen LogP contribution in [0.5, 0.6) is 5.75 Å². The lowest BCUT2D eigenvalue weighted by Gasteiger charge is -2.24. The van der Waals surface area contributed by atoms with Crippen molar-refractivity contribution < 1.29 is 18.3 Å². The molecule has 3 N–H and O–H groups in total. The van der Waals surface area contributed by atoms with Gasteiger partial charge in [-0.3, -0.25) is 14.2 Å². The number of amides is 1. The molecular formula is C34H31F2N7O3. The number of benzene rings is 3. The van der Waals surface area contributed by atoms with E-state index in [1.54, 1.807) is 12.3 Å². The molecule has 1 fully saturated rings. The summed E-state index contributed by atoms with van der Waals surface area (Å²) in [5.41, 5.74) is 1.98. The number of halogens is 2. The molecule has 12 heteroatoms. The zero-order valence-electron chi connectivity index (χ0n) is 24.7. The van der Waals surface area contributed by atoms with Gasteiger partial charge in [-0.2, -0.15) is 0 Å². The van der Waals surface area contributed by atoms with Crippen molar-refractivity contribution in [1.82, 2.24) is 30.2 Å². The van der Waals surface area contributed by atoms with E-state index in [0.29, 0.717) is 22.8 Å². The van der Waals surface area contributed by atoms with E-state index in [-0.39, 0.29) is 24.8 Å². The maximum absolute atomic E-state index is 13.6. The molecule has 0 radical (unpaired) electrons. The Morgan fingerprint density at radius 1 is 1.04 bits per heavy atom. The average molecular weight is 624 g/mol. The summed E-state index contributed by atoms with van der Waals surface area (Å²) in [5, 5.41) is 10.1. The third-order valence-corrected chi connectivity index (χ3v) is 7.45. The molecule has 3 heterocycles. The Balaban J connectivity index is 1.16. The van der Waals surface area contributed by atoms with Gasteiger partial charge in [-0.15, -0.1) is 0 Å². The monoisotopic (exact) mass is 623 g/mol. The van der Waals surface area contributed by atoms with Gasteiger partial charge in [-0.25, -0.2) is 23.7 Å². The number of piperidine rings is 1. The van der Waals surface area contributed by atoms with E-state index in [0.717, 1.165) is 54.7 Å². The molecule has 0 bridgehead atoms. The molecule has 5 aromatic rings. The average Bonchev–Trinajstić information content (AvgIpc) is 3.07. The molecule has 46 heavy (non-hydrogen) atoms. The number of aromatic nitrogens is 4. The molecule has 0 aliphatic carbocycles. The van der Waals surface area contributed by atoms with Gasteiger partial charge < -0.3 is 20.7 Å². The zero-order chi connectivity index (χ0) is 31.9. The summed E-state index contributed by atoms with van der Waals surface area (Å²) >= 11 is 0. The van der Waals surface area contributed by atoms with Gasteiger partial charge in [0, 0.05) is 30.0 Å². The number of para-hydroxylation sites is 1. The van der Waals surface area contributed by atoms with E-state index in [1.165, 1.54) is 23.2 Å². The summed E-state index contributed by atoms with van der Waals surface area (Å²) < 4.78 is 34.5. The quantitative estimate of drug-likeness (QED) is 0.202. The number of nitrogens with one attached hydrogen (secondary N) is 3. The van der Waals surface area contributed by atoms with Crippen LogP contribution in [-0.4, -0.2) is 51.2 Å². The van der Waals surface area contributed by atoms with Crippen LogP contribution in [0.3, 0.4) is 0 Å². The van der Waals surface area contributed by atoms with Crippen molar-refractivity contribution >= 4 is 34.5 Å². The van der Waals surface area contributed by atoms with Crippen LogP contribution in [0.25, 0.3) is 17.0 Å². The summed E-state index contributed by atoms with van der Waals surface area (Å²) in [7, 11) is 0. The van der Waals surface area contributed by atoms with Crippen LogP contribution in [-0.2, 0) is 6.54 Å². The Kier molecular flexibility index (Phi) is 9.35. The number of ether oxygens (including phenoxy) is 1. The number of carbonyl (C=O) groups is 1. The van der Waals surface area contributed by atoms with Gasteiger partial charge in [0.25, 0.3) is 11.5 Å². The lowest BCUT2D eigenvalue weighted by molar-refractivity contribution is 0.0955. The molecule has 0 spiro atoms. The van der Waals surface area contributed by atoms with Crippen LogP contribution in [0.2, 0.25) is 0 Å². The molecule has 3 aromatic carbocycles. The summed E-state index contributed by atoms with van der Waals surface area (Å²) in [6.07, 6.45) is 9.58. The minimum Gasteiger partial charge on any atom is -0.488 e. The van der Waals surface area contributed by atoms with Gasteiger partial charge in [-0.1, -0.05) is 36.4 Å². The first kappa shape index (κ1) is 30.5. The topological polar surface area (TPSA) is 123 Å². The zero-order valence-corrected chi connectivity index (χ0v) is 24.7. The largest absolute Gasteiger partial charge is 0.488 e. The molecule has 6 rings (SSSR count). The predicted molar refractivity (Wildman–Crippen MR) is 171 cm³/mol. The number of anilines is 2. The highest BCUT2D eigenvalue weighted by molar-refractivity contribution is 5.93. The van der Waals surface area contributed by atoms with E-state index in [2.05, 4.69) is 25.9 Å². The summed E-state index contributed by atoms with van der Waals surface area (Å²) in [4.78, 5) is 39.0. The number of hydrogen-bond donors (Lipinski definition) is 3. The summed E-state index contributed by atoms with van der Waals surface area (Å²) in [6, 6.07) is 16.9. The van der Waals surface area contributed by atoms with Gasteiger partial charge in [0.15, 0.2) is 11.6 Å². The van der Waals surface area contributed by atoms with Crippen LogP contribution in [0.15, 0.2) is 90.3 Å². The molecule has 2 aromatic heterocycles. The Morgan fingerprint density at radius 3 is 2.67 bits per heavy atom. The highest BCUT2D eigenvalue weighted by Gasteiger charge is 2.18. The van der Waals surface area contributed by atoms with E-state index in [4.69, 9.17) is 9.72 Å². The highest BCUT2D eigenvalue weighted by Crippen LogP contribution is 2.30. The van der Waals surface area contributed by atoms with Gasteiger partial charge >= 0.3 is 0 Å². The van der Waals surface area contributed by atoms with Gasteiger partial charge in [0.2, 0.25) is 5.95 Å². The summed E-state index contributed by atoms with van der Waals surface area (Å²) in [5.74, 6) is -1.51. The fourth-order valence-electron chi connectivity index (χ4n) is 5.12. The lowest BCUT2D eigenvalue weighted by atomic mass is 10.1. The smallest absolute Gasteiger partial charge is 0.266 e. The van der Waals surface area contributed by atoms with Crippen LogP contribution >= 0.6 is 0 Å². The Labute approximate surface area is 263 Å². The van der Waals surface area contributed by atoms with Gasteiger partial charge in [-0.05, 0) is 73.5 Å². The van der Waals surface area contributed by atoms with Crippen LogP contribution in [0, 0.1) is 11.6 Å². The van der Waals surface area contributed by atoms with E-state index in [1.807, 2.05) is 48.5 Å². The van der Waals surface area contributed by atoms with E-state index in [9.17, 15) is 18.4 Å². The van der Waals surface area contributed by atoms with Crippen LogP contribution in [0.4, 0.5) is 20.4 Å². The second kappa shape index (κ2) is 14.1. The number of hydrogen-bond acceptors (Lipinski definition) is 8. The van der Waals surface area contributed by atoms with Crippen molar-refractivity contribution in [3.8, 4) is 5.75 Å². The first-order chi connectivity index (χ1) is 22.4. The van der Waals surface area contributed by atoms with Crippen LogP contribution in [0.1, 0.15) is 34.3 Å². The predicted octanol–water partition coefficient (Wildman–Crippen LogP) is 4.83. The van der Waals surface area contributed by atoms with Gasteiger partial charge in [0.1, 0.15) is 22.9 Å². The van der Waals surface area contributed by atoms with Crippen molar-refractivity contribution in [2.24, 2.45) is 0 Å². The van der Waals surface area contributed by atoms with Crippen molar-refractivity contribution in [2.45, 2.75) is 25.5 Å².